The number of carbonyl (C=O) groups excluding carboxylic acids is 2. The Hall–Kier alpha value is -1.52. The average Bonchev–Trinajstić information content (AvgIpc) is 2.49. The van der Waals surface area contributed by atoms with Crippen LogP contribution in [0.15, 0.2) is 30.3 Å². The van der Waals surface area contributed by atoms with Crippen LogP contribution < -0.4 is 5.32 Å². The quantitative estimate of drug-likeness (QED) is 0.874. The Morgan fingerprint density at radius 1 is 1.20 bits per heavy atom. The van der Waals surface area contributed by atoms with Crippen LogP contribution in [-0.4, -0.2) is 35.7 Å². The van der Waals surface area contributed by atoms with Crippen molar-refractivity contribution in [1.82, 2.24) is 4.90 Å². The number of hydrogen-bond acceptors (Lipinski definition) is 3. The van der Waals surface area contributed by atoms with Crippen LogP contribution in [-0.2, 0) is 16.1 Å². The highest BCUT2D eigenvalue weighted by Gasteiger charge is 2.32. The molecule has 1 aromatic rings. The van der Waals surface area contributed by atoms with Crippen LogP contribution in [0, 0.1) is 5.92 Å². The molecule has 1 aromatic carbocycles. The Morgan fingerprint density at radius 3 is 2.55 bits per heavy atom. The summed E-state index contributed by atoms with van der Waals surface area (Å²) in [5.74, 6) is 0.659. The number of rotatable bonds is 4. The fraction of sp³-hybridized carbons (Fsp3) is 0.500. The minimum absolute atomic E-state index is 0.0671. The van der Waals surface area contributed by atoms with Crippen molar-refractivity contribution < 1.29 is 14.9 Å². The van der Waals surface area contributed by atoms with Gasteiger partial charge in [0.1, 0.15) is 6.54 Å². The van der Waals surface area contributed by atoms with E-state index >= 15 is 0 Å². The molecule has 0 radical (unpaired) electrons. The zero-order chi connectivity index (χ0) is 14.5. The first-order chi connectivity index (χ1) is 9.54. The third-order valence-electron chi connectivity index (χ3n) is 3.53. The van der Waals surface area contributed by atoms with Gasteiger partial charge in [0.2, 0.25) is 5.78 Å². The summed E-state index contributed by atoms with van der Waals surface area (Å²) in [7, 11) is 0. The molecule has 20 heavy (non-hydrogen) atoms. The number of amides is 1. The first-order valence-corrected chi connectivity index (χ1v) is 7.21. The highest BCUT2D eigenvalue weighted by molar-refractivity contribution is 5.87. The zero-order valence-electron chi connectivity index (χ0n) is 12.2. The van der Waals surface area contributed by atoms with E-state index in [1.165, 1.54) is 0 Å². The monoisotopic (exact) mass is 275 g/mol. The van der Waals surface area contributed by atoms with Crippen molar-refractivity contribution in [2.24, 2.45) is 5.92 Å². The van der Waals surface area contributed by atoms with Crippen LogP contribution in [0.3, 0.4) is 0 Å². The van der Waals surface area contributed by atoms with Crippen LogP contribution in [0.25, 0.3) is 0 Å². The molecule has 1 amide bonds. The lowest BCUT2D eigenvalue weighted by atomic mass is 10.0. The lowest BCUT2D eigenvalue weighted by Crippen LogP contribution is -2.95. The highest BCUT2D eigenvalue weighted by atomic mass is 16.2. The van der Waals surface area contributed by atoms with E-state index in [4.69, 9.17) is 0 Å². The van der Waals surface area contributed by atoms with Crippen molar-refractivity contribution in [1.29, 1.82) is 0 Å². The van der Waals surface area contributed by atoms with Crippen LogP contribution in [0.2, 0.25) is 0 Å². The van der Waals surface area contributed by atoms with Crippen LogP contribution in [0.5, 0.6) is 0 Å². The van der Waals surface area contributed by atoms with Gasteiger partial charge >= 0.3 is 5.91 Å². The number of primary amides is 1. The number of hydrogen-bond donors (Lipinski definition) is 1. The lowest BCUT2D eigenvalue weighted by molar-refractivity contribution is -0.592. The molecule has 1 aliphatic heterocycles. The summed E-state index contributed by atoms with van der Waals surface area (Å²) in [6.45, 7) is 5.53. The average molecular weight is 275 g/mol. The second-order valence-corrected chi connectivity index (χ2v) is 5.97. The maximum Gasteiger partial charge on any atom is 0.325 e. The number of Topliss-reactive ketones (excluding diaryl/α,β-unsaturated/α-hetero) is 1. The van der Waals surface area contributed by atoms with Gasteiger partial charge in [-0.1, -0.05) is 44.2 Å². The van der Waals surface area contributed by atoms with Gasteiger partial charge in [-0.2, -0.15) is 0 Å². The van der Waals surface area contributed by atoms with Gasteiger partial charge < -0.3 is 0 Å². The van der Waals surface area contributed by atoms with Crippen molar-refractivity contribution in [3.05, 3.63) is 35.9 Å². The SMILES string of the molecule is CC(C)C[C@H]1[NH2+]C(=O)CN(Cc2ccccc2)CC1=O. The van der Waals surface area contributed by atoms with Gasteiger partial charge in [-0.05, 0) is 11.5 Å². The standard InChI is InChI=1S/C16H22N2O2/c1-12(2)8-14-15(19)10-18(11-16(20)17-14)9-13-6-4-3-5-7-13/h3-7,12,14H,8-11H2,1-2H3,(H,17,20)/p+1/t14-/m1/s1. The first-order valence-electron chi connectivity index (χ1n) is 7.21. The van der Waals surface area contributed by atoms with E-state index in [2.05, 4.69) is 13.8 Å². The molecule has 0 aliphatic carbocycles. The molecule has 108 valence electrons. The van der Waals surface area contributed by atoms with Crippen molar-refractivity contribution in [3.8, 4) is 0 Å². The summed E-state index contributed by atoms with van der Waals surface area (Å²) in [4.78, 5) is 26.2. The fourth-order valence-electron chi connectivity index (χ4n) is 2.64. The molecule has 0 unspecified atom stereocenters. The molecule has 1 atom stereocenters. The van der Waals surface area contributed by atoms with Crippen LogP contribution in [0.4, 0.5) is 0 Å². The van der Waals surface area contributed by atoms with E-state index in [0.29, 0.717) is 25.6 Å². The molecular formula is C16H23N2O2+. The summed E-state index contributed by atoms with van der Waals surface area (Å²) in [6.07, 6.45) is 0.768. The highest BCUT2D eigenvalue weighted by Crippen LogP contribution is 2.08. The summed E-state index contributed by atoms with van der Waals surface area (Å²) < 4.78 is 0. The van der Waals surface area contributed by atoms with Gasteiger partial charge in [-0.15, -0.1) is 0 Å². The molecule has 4 nitrogen and oxygen atoms in total. The molecule has 0 aromatic heterocycles. The molecule has 0 bridgehead atoms. The lowest BCUT2D eigenvalue weighted by Gasteiger charge is -2.17. The first kappa shape index (κ1) is 14.9. The summed E-state index contributed by atoms with van der Waals surface area (Å²) in [5, 5.41) is 1.63. The van der Waals surface area contributed by atoms with E-state index in [9.17, 15) is 9.59 Å². The predicted octanol–water partition coefficient (Wildman–Crippen LogP) is 0.576. The molecular weight excluding hydrogens is 252 g/mol. The normalized spacial score (nSPS) is 21.2. The third kappa shape index (κ3) is 4.25. The van der Waals surface area contributed by atoms with Gasteiger partial charge in [0, 0.05) is 13.0 Å². The van der Waals surface area contributed by atoms with E-state index in [0.717, 1.165) is 12.0 Å². The predicted molar refractivity (Wildman–Crippen MR) is 76.9 cm³/mol. The van der Waals surface area contributed by atoms with E-state index in [-0.39, 0.29) is 17.7 Å². The van der Waals surface area contributed by atoms with E-state index in [1.807, 2.05) is 35.2 Å². The van der Waals surface area contributed by atoms with Gasteiger partial charge in [-0.25, -0.2) is 4.79 Å². The molecule has 0 saturated carbocycles. The van der Waals surface area contributed by atoms with Gasteiger partial charge in [0.15, 0.2) is 6.04 Å². The maximum absolute atomic E-state index is 12.3. The summed E-state index contributed by atoms with van der Waals surface area (Å²) in [6, 6.07) is 9.76. The van der Waals surface area contributed by atoms with Crippen molar-refractivity contribution in [3.63, 3.8) is 0 Å². The molecule has 2 N–H and O–H groups in total. The Labute approximate surface area is 120 Å². The number of carbonyl (C=O) groups is 2. The Kier molecular flexibility index (Phi) is 5.04. The topological polar surface area (TPSA) is 54.0 Å². The molecule has 1 saturated heterocycles. The maximum atomic E-state index is 12.3. The van der Waals surface area contributed by atoms with Crippen LogP contribution >= 0.6 is 0 Å². The Morgan fingerprint density at radius 2 is 1.90 bits per heavy atom. The number of ketones is 1. The summed E-state index contributed by atoms with van der Waals surface area (Å²) >= 11 is 0. The zero-order valence-corrected chi connectivity index (χ0v) is 12.2. The summed E-state index contributed by atoms with van der Waals surface area (Å²) in [5.41, 5.74) is 1.13. The second kappa shape index (κ2) is 6.77. The van der Waals surface area contributed by atoms with E-state index in [1.54, 1.807) is 5.32 Å². The van der Waals surface area contributed by atoms with Crippen molar-refractivity contribution >= 4 is 11.7 Å². The molecule has 1 heterocycles. The molecule has 0 spiro atoms. The smallest absolute Gasteiger partial charge is 0.292 e. The van der Waals surface area contributed by atoms with Gasteiger partial charge in [0.25, 0.3) is 0 Å². The number of nitrogens with zero attached hydrogens (tertiary/aromatic N) is 1. The largest absolute Gasteiger partial charge is 0.325 e. The fourth-order valence-corrected chi connectivity index (χ4v) is 2.64. The van der Waals surface area contributed by atoms with Crippen molar-refractivity contribution in [2.45, 2.75) is 32.9 Å². The van der Waals surface area contributed by atoms with E-state index < -0.39 is 0 Å². The van der Waals surface area contributed by atoms with Gasteiger partial charge in [-0.3, -0.25) is 15.0 Å². The molecule has 4 heteroatoms. The minimum Gasteiger partial charge on any atom is -0.292 e. The Bertz CT molecular complexity index is 471. The third-order valence-corrected chi connectivity index (χ3v) is 3.53. The molecule has 2 rings (SSSR count). The Balaban J connectivity index is 2.03. The van der Waals surface area contributed by atoms with Crippen LogP contribution in [0.1, 0.15) is 25.8 Å². The minimum atomic E-state index is -0.205. The molecule has 1 fully saturated rings. The van der Waals surface area contributed by atoms with Crippen molar-refractivity contribution in [2.75, 3.05) is 13.1 Å². The number of nitrogens with two attached hydrogens (primary N) is 1. The second-order valence-electron chi connectivity index (χ2n) is 5.97. The molecule has 1 aliphatic rings. The van der Waals surface area contributed by atoms with Gasteiger partial charge in [0.05, 0.1) is 6.54 Å². The number of quaternary nitrogens is 1. The number of benzene rings is 1.